The number of aromatic nitrogens is 2. The van der Waals surface area contributed by atoms with Crippen molar-refractivity contribution < 1.29 is 14.1 Å². The Balaban J connectivity index is 1.37. The summed E-state index contributed by atoms with van der Waals surface area (Å²) in [5.41, 5.74) is 0. The topological polar surface area (TPSA) is 68.5 Å². The molecule has 1 saturated carbocycles. The van der Waals surface area contributed by atoms with Gasteiger partial charge in [0.15, 0.2) is 5.82 Å². The van der Waals surface area contributed by atoms with Crippen LogP contribution in [0, 0.1) is 5.92 Å². The van der Waals surface area contributed by atoms with Crippen LogP contribution in [0.25, 0.3) is 0 Å². The van der Waals surface area contributed by atoms with E-state index in [1.165, 1.54) is 12.8 Å². The highest BCUT2D eigenvalue weighted by atomic mass is 16.5. The number of amides is 1. The maximum absolute atomic E-state index is 12.5. The van der Waals surface area contributed by atoms with Gasteiger partial charge in [0, 0.05) is 38.1 Å². The molecule has 3 aliphatic rings. The largest absolute Gasteiger partial charge is 0.381 e. The second kappa shape index (κ2) is 6.59. The van der Waals surface area contributed by atoms with Crippen LogP contribution in [0.15, 0.2) is 4.52 Å². The normalized spacial score (nSPS) is 27.0. The van der Waals surface area contributed by atoms with Crippen LogP contribution in [-0.4, -0.2) is 47.3 Å². The number of carbonyl (C=O) groups is 1. The van der Waals surface area contributed by atoms with E-state index >= 15 is 0 Å². The van der Waals surface area contributed by atoms with Crippen LogP contribution < -0.4 is 0 Å². The van der Waals surface area contributed by atoms with Gasteiger partial charge in [-0.3, -0.25) is 4.79 Å². The minimum atomic E-state index is 0.210. The van der Waals surface area contributed by atoms with Crippen molar-refractivity contribution in [2.75, 3.05) is 26.3 Å². The average Bonchev–Trinajstić information content (AvgIpc) is 3.35. The van der Waals surface area contributed by atoms with E-state index < -0.39 is 0 Å². The second-order valence-electron chi connectivity index (χ2n) is 7.13. The maximum atomic E-state index is 12.5. The van der Waals surface area contributed by atoms with Crippen LogP contribution in [0.4, 0.5) is 0 Å². The first-order valence-electron chi connectivity index (χ1n) is 9.01. The van der Waals surface area contributed by atoms with Crippen LogP contribution in [-0.2, 0) is 9.53 Å². The molecule has 1 unspecified atom stereocenters. The van der Waals surface area contributed by atoms with Gasteiger partial charge in [-0.2, -0.15) is 4.98 Å². The minimum Gasteiger partial charge on any atom is -0.381 e. The molecule has 0 aromatic carbocycles. The van der Waals surface area contributed by atoms with Crippen LogP contribution in [0.5, 0.6) is 0 Å². The summed E-state index contributed by atoms with van der Waals surface area (Å²) in [6, 6.07) is 0. The lowest BCUT2D eigenvalue weighted by Crippen LogP contribution is -2.33. The van der Waals surface area contributed by atoms with E-state index in [1.54, 1.807) is 0 Å². The number of ether oxygens (including phenoxy) is 1. The Hall–Kier alpha value is -1.43. The number of hydrogen-bond donors (Lipinski definition) is 0. The van der Waals surface area contributed by atoms with Crippen molar-refractivity contribution in [2.45, 2.75) is 56.8 Å². The quantitative estimate of drug-likeness (QED) is 0.856. The molecular formula is C17H25N3O3. The molecule has 1 aromatic rings. The number of carbonyl (C=O) groups excluding carboxylic acids is 1. The molecule has 6 heteroatoms. The molecule has 0 N–H and O–H groups in total. The summed E-state index contributed by atoms with van der Waals surface area (Å²) in [6.45, 7) is 3.13. The van der Waals surface area contributed by atoms with Gasteiger partial charge in [-0.05, 0) is 32.1 Å². The van der Waals surface area contributed by atoms with Gasteiger partial charge in [-0.1, -0.05) is 18.0 Å². The van der Waals surface area contributed by atoms with Crippen molar-refractivity contribution in [1.29, 1.82) is 0 Å². The zero-order valence-electron chi connectivity index (χ0n) is 13.6. The molecule has 126 valence electrons. The first kappa shape index (κ1) is 15.1. The molecule has 0 radical (unpaired) electrons. The van der Waals surface area contributed by atoms with Gasteiger partial charge in [0.25, 0.3) is 0 Å². The highest BCUT2D eigenvalue weighted by Gasteiger charge is 2.35. The Kier molecular flexibility index (Phi) is 4.33. The average molecular weight is 319 g/mol. The van der Waals surface area contributed by atoms with Gasteiger partial charge in [-0.25, -0.2) is 0 Å². The summed E-state index contributed by atoms with van der Waals surface area (Å²) in [4.78, 5) is 19.2. The first-order chi connectivity index (χ1) is 11.3. The zero-order valence-corrected chi connectivity index (χ0v) is 13.6. The van der Waals surface area contributed by atoms with Crippen molar-refractivity contribution in [3.05, 3.63) is 11.7 Å². The molecule has 2 aliphatic heterocycles. The molecule has 1 aromatic heterocycles. The van der Waals surface area contributed by atoms with E-state index in [1.807, 2.05) is 4.90 Å². The van der Waals surface area contributed by atoms with Crippen molar-refractivity contribution >= 4 is 5.91 Å². The van der Waals surface area contributed by atoms with Crippen LogP contribution in [0.1, 0.15) is 68.5 Å². The smallest absolute Gasteiger partial charge is 0.231 e. The number of nitrogens with zero attached hydrogens (tertiary/aromatic N) is 3. The number of likely N-dealkylation sites (tertiary alicyclic amines) is 1. The molecular weight excluding hydrogens is 294 g/mol. The van der Waals surface area contributed by atoms with Crippen molar-refractivity contribution in [3.63, 3.8) is 0 Å². The molecule has 1 amide bonds. The second-order valence-corrected chi connectivity index (χ2v) is 7.13. The number of rotatable bonds is 3. The van der Waals surface area contributed by atoms with Crippen molar-refractivity contribution in [1.82, 2.24) is 15.0 Å². The van der Waals surface area contributed by atoms with E-state index in [-0.39, 0.29) is 11.8 Å². The summed E-state index contributed by atoms with van der Waals surface area (Å²) >= 11 is 0. The zero-order chi connectivity index (χ0) is 15.6. The molecule has 2 saturated heterocycles. The van der Waals surface area contributed by atoms with Crippen molar-refractivity contribution in [3.8, 4) is 0 Å². The lowest BCUT2D eigenvalue weighted by Gasteiger charge is -2.20. The molecule has 4 rings (SSSR count). The predicted molar refractivity (Wildman–Crippen MR) is 83.0 cm³/mol. The van der Waals surface area contributed by atoms with E-state index in [4.69, 9.17) is 9.26 Å². The monoisotopic (exact) mass is 319 g/mol. The Bertz CT molecular complexity index is 547. The van der Waals surface area contributed by atoms with Gasteiger partial charge >= 0.3 is 0 Å². The van der Waals surface area contributed by atoms with Gasteiger partial charge < -0.3 is 14.2 Å². The van der Waals surface area contributed by atoms with Crippen LogP contribution >= 0.6 is 0 Å². The van der Waals surface area contributed by atoms with E-state index in [0.717, 1.165) is 64.2 Å². The highest BCUT2D eigenvalue weighted by Crippen LogP contribution is 2.32. The third-order valence-corrected chi connectivity index (χ3v) is 5.60. The van der Waals surface area contributed by atoms with Crippen LogP contribution in [0.2, 0.25) is 0 Å². The molecule has 3 heterocycles. The summed E-state index contributed by atoms with van der Waals surface area (Å²) < 4.78 is 10.9. The fourth-order valence-corrected chi connectivity index (χ4v) is 4.13. The van der Waals surface area contributed by atoms with E-state index in [0.29, 0.717) is 17.7 Å². The van der Waals surface area contributed by atoms with E-state index in [2.05, 4.69) is 10.1 Å². The van der Waals surface area contributed by atoms with Crippen LogP contribution in [0.3, 0.4) is 0 Å². The van der Waals surface area contributed by atoms with Gasteiger partial charge in [-0.15, -0.1) is 0 Å². The standard InChI is InChI=1S/C17H25N3O3/c21-17(13-3-1-2-4-13)20-8-5-14(11-20)16-18-15(19-23-16)12-6-9-22-10-7-12/h12-14H,1-11H2. The Morgan fingerprint density at radius 3 is 2.61 bits per heavy atom. The number of hydrogen-bond acceptors (Lipinski definition) is 5. The van der Waals surface area contributed by atoms with Gasteiger partial charge in [0.1, 0.15) is 0 Å². The van der Waals surface area contributed by atoms with Gasteiger partial charge in [0.05, 0.1) is 5.92 Å². The van der Waals surface area contributed by atoms with Gasteiger partial charge in [0.2, 0.25) is 11.8 Å². The highest BCUT2D eigenvalue weighted by molar-refractivity contribution is 5.79. The third kappa shape index (κ3) is 3.13. The Morgan fingerprint density at radius 2 is 1.83 bits per heavy atom. The molecule has 3 fully saturated rings. The Morgan fingerprint density at radius 1 is 1.04 bits per heavy atom. The fourth-order valence-electron chi connectivity index (χ4n) is 4.13. The first-order valence-corrected chi connectivity index (χ1v) is 9.01. The predicted octanol–water partition coefficient (Wildman–Crippen LogP) is 2.47. The summed E-state index contributed by atoms with van der Waals surface area (Å²) in [5, 5.41) is 4.19. The Labute approximate surface area is 136 Å². The van der Waals surface area contributed by atoms with E-state index in [9.17, 15) is 4.79 Å². The van der Waals surface area contributed by atoms with Crippen molar-refractivity contribution in [2.24, 2.45) is 5.92 Å². The maximum Gasteiger partial charge on any atom is 0.231 e. The lowest BCUT2D eigenvalue weighted by atomic mass is 10.00. The SMILES string of the molecule is O=C(C1CCCC1)N1CCC(c2nc(C3CCOCC3)no2)C1. The fraction of sp³-hybridized carbons (Fsp3) is 0.824. The molecule has 0 bridgehead atoms. The summed E-state index contributed by atoms with van der Waals surface area (Å²) in [5.74, 6) is 2.71. The lowest BCUT2D eigenvalue weighted by molar-refractivity contribution is -0.134. The summed E-state index contributed by atoms with van der Waals surface area (Å²) in [7, 11) is 0. The molecule has 1 atom stereocenters. The molecule has 6 nitrogen and oxygen atoms in total. The molecule has 23 heavy (non-hydrogen) atoms. The minimum absolute atomic E-state index is 0.210. The third-order valence-electron chi connectivity index (χ3n) is 5.60. The summed E-state index contributed by atoms with van der Waals surface area (Å²) in [6.07, 6.45) is 7.40. The molecule has 1 aliphatic carbocycles. The molecule has 0 spiro atoms.